The maximum absolute atomic E-state index is 5.96. The van der Waals surface area contributed by atoms with E-state index in [2.05, 4.69) is 27.7 Å². The molecule has 0 unspecified atom stereocenters. The highest BCUT2D eigenvalue weighted by atomic mass is 16.7. The second-order valence-corrected chi connectivity index (χ2v) is 5.52. The molecule has 2 atom stereocenters. The van der Waals surface area contributed by atoms with Crippen LogP contribution in [0.15, 0.2) is 0 Å². The standard InChI is InChI=1S/C11H21BO3/c1-6-13-9-7-8(9)12-14-10(2,3)11(4,5)15-12/h8-9H,6-7H2,1-5H3/t8-,9+/m0/s1. The maximum atomic E-state index is 5.96. The highest BCUT2D eigenvalue weighted by Crippen LogP contribution is 2.50. The minimum atomic E-state index is -0.211. The van der Waals surface area contributed by atoms with E-state index in [1.54, 1.807) is 0 Å². The van der Waals surface area contributed by atoms with Gasteiger partial charge >= 0.3 is 7.12 Å². The van der Waals surface area contributed by atoms with Gasteiger partial charge in [-0.05, 0) is 41.0 Å². The van der Waals surface area contributed by atoms with E-state index < -0.39 is 0 Å². The Morgan fingerprint density at radius 2 is 1.73 bits per heavy atom. The molecule has 15 heavy (non-hydrogen) atoms. The number of rotatable bonds is 3. The van der Waals surface area contributed by atoms with Crippen molar-refractivity contribution in [3.8, 4) is 0 Å². The molecule has 0 N–H and O–H groups in total. The Bertz CT molecular complexity index is 236. The largest absolute Gasteiger partial charge is 0.463 e. The molecule has 0 aromatic heterocycles. The van der Waals surface area contributed by atoms with Gasteiger partial charge < -0.3 is 14.0 Å². The van der Waals surface area contributed by atoms with Gasteiger partial charge in [-0.15, -0.1) is 0 Å². The lowest BCUT2D eigenvalue weighted by atomic mass is 9.82. The van der Waals surface area contributed by atoms with E-state index in [0.29, 0.717) is 11.9 Å². The molecule has 1 heterocycles. The van der Waals surface area contributed by atoms with Crippen LogP contribution in [0.4, 0.5) is 0 Å². The summed E-state index contributed by atoms with van der Waals surface area (Å²) in [6.45, 7) is 11.2. The lowest BCUT2D eigenvalue weighted by Crippen LogP contribution is -2.41. The fourth-order valence-electron chi connectivity index (χ4n) is 1.95. The van der Waals surface area contributed by atoms with Crippen LogP contribution in [0.1, 0.15) is 41.0 Å². The minimum absolute atomic E-state index is 0.0773. The summed E-state index contributed by atoms with van der Waals surface area (Å²) in [6, 6.07) is 0. The zero-order valence-corrected chi connectivity index (χ0v) is 10.4. The second kappa shape index (κ2) is 3.47. The predicted molar refractivity (Wildman–Crippen MR) is 59.9 cm³/mol. The molecule has 1 aliphatic heterocycles. The Morgan fingerprint density at radius 3 is 2.20 bits per heavy atom. The Hall–Kier alpha value is -0.0551. The van der Waals surface area contributed by atoms with Gasteiger partial charge in [0.05, 0.1) is 17.3 Å². The quantitative estimate of drug-likeness (QED) is 0.671. The van der Waals surface area contributed by atoms with Crippen LogP contribution >= 0.6 is 0 Å². The molecule has 3 nitrogen and oxygen atoms in total. The van der Waals surface area contributed by atoms with E-state index in [1.165, 1.54) is 0 Å². The molecule has 2 aliphatic rings. The van der Waals surface area contributed by atoms with Gasteiger partial charge in [0.25, 0.3) is 0 Å². The van der Waals surface area contributed by atoms with E-state index >= 15 is 0 Å². The first kappa shape index (κ1) is 11.4. The zero-order valence-electron chi connectivity index (χ0n) is 10.4. The summed E-state index contributed by atoms with van der Waals surface area (Å²) in [5, 5.41) is 0. The molecule has 4 heteroatoms. The van der Waals surface area contributed by atoms with Crippen molar-refractivity contribution in [2.45, 2.75) is 64.2 Å². The second-order valence-electron chi connectivity index (χ2n) is 5.52. The third-order valence-corrected chi connectivity index (χ3v) is 3.78. The van der Waals surface area contributed by atoms with E-state index in [9.17, 15) is 0 Å². The Kier molecular flexibility index (Phi) is 2.65. The van der Waals surface area contributed by atoms with Crippen molar-refractivity contribution in [3.63, 3.8) is 0 Å². The van der Waals surface area contributed by atoms with Gasteiger partial charge in [0, 0.05) is 12.4 Å². The molecule has 0 aromatic carbocycles. The van der Waals surface area contributed by atoms with Crippen LogP contribution in [0.3, 0.4) is 0 Å². The molecule has 1 aliphatic carbocycles. The molecule has 0 radical (unpaired) electrons. The average Bonchev–Trinajstić information content (AvgIpc) is 2.77. The van der Waals surface area contributed by atoms with Crippen molar-refractivity contribution < 1.29 is 14.0 Å². The molecule has 0 bridgehead atoms. The van der Waals surface area contributed by atoms with Crippen LogP contribution < -0.4 is 0 Å². The first-order valence-electron chi connectivity index (χ1n) is 5.84. The van der Waals surface area contributed by atoms with E-state index in [1.807, 2.05) is 6.92 Å². The molecule has 2 fully saturated rings. The van der Waals surface area contributed by atoms with Gasteiger partial charge in [0.1, 0.15) is 0 Å². The molecule has 0 spiro atoms. The number of hydrogen-bond donors (Lipinski definition) is 0. The van der Waals surface area contributed by atoms with Crippen LogP contribution in [-0.2, 0) is 14.0 Å². The molecule has 86 valence electrons. The Labute approximate surface area is 92.6 Å². The van der Waals surface area contributed by atoms with Crippen molar-refractivity contribution >= 4 is 7.12 Å². The fourth-order valence-corrected chi connectivity index (χ4v) is 1.95. The monoisotopic (exact) mass is 212 g/mol. The summed E-state index contributed by atoms with van der Waals surface area (Å²) in [4.78, 5) is 0. The van der Waals surface area contributed by atoms with Crippen LogP contribution in [0.5, 0.6) is 0 Å². The third-order valence-electron chi connectivity index (χ3n) is 3.78. The molecule has 0 aromatic rings. The molecular formula is C11H21BO3. The number of hydrogen-bond acceptors (Lipinski definition) is 3. The van der Waals surface area contributed by atoms with Gasteiger partial charge in [0.15, 0.2) is 0 Å². The maximum Gasteiger partial charge on any atom is 0.463 e. The highest BCUT2D eigenvalue weighted by molar-refractivity contribution is 6.49. The molecular weight excluding hydrogens is 191 g/mol. The summed E-state index contributed by atoms with van der Waals surface area (Å²) < 4.78 is 17.5. The summed E-state index contributed by atoms with van der Waals surface area (Å²) in [6.07, 6.45) is 1.43. The van der Waals surface area contributed by atoms with Gasteiger partial charge in [-0.2, -0.15) is 0 Å². The first-order valence-corrected chi connectivity index (χ1v) is 5.84. The fraction of sp³-hybridized carbons (Fsp3) is 1.00. The lowest BCUT2D eigenvalue weighted by Gasteiger charge is -2.32. The van der Waals surface area contributed by atoms with Crippen LogP contribution in [0.25, 0.3) is 0 Å². The average molecular weight is 212 g/mol. The van der Waals surface area contributed by atoms with Gasteiger partial charge in [0.2, 0.25) is 0 Å². The van der Waals surface area contributed by atoms with Crippen molar-refractivity contribution in [2.24, 2.45) is 0 Å². The van der Waals surface area contributed by atoms with Crippen LogP contribution in [0, 0.1) is 0 Å². The van der Waals surface area contributed by atoms with Gasteiger partial charge in [-0.25, -0.2) is 0 Å². The summed E-state index contributed by atoms with van der Waals surface area (Å²) in [7, 11) is -0.0773. The first-order chi connectivity index (χ1) is 6.87. The molecule has 1 saturated heterocycles. The summed E-state index contributed by atoms with van der Waals surface area (Å²) >= 11 is 0. The van der Waals surface area contributed by atoms with Crippen molar-refractivity contribution in [2.75, 3.05) is 6.61 Å². The topological polar surface area (TPSA) is 27.7 Å². The van der Waals surface area contributed by atoms with Crippen LogP contribution in [-0.4, -0.2) is 31.0 Å². The van der Waals surface area contributed by atoms with Crippen molar-refractivity contribution in [3.05, 3.63) is 0 Å². The Balaban J connectivity index is 1.94. The smallest absolute Gasteiger partial charge is 0.403 e. The molecule has 1 saturated carbocycles. The SMILES string of the molecule is CCO[C@@H]1C[C@@H]1B1OC(C)(C)C(C)(C)O1. The van der Waals surface area contributed by atoms with Crippen LogP contribution in [0.2, 0.25) is 5.82 Å². The minimum Gasteiger partial charge on any atom is -0.403 e. The van der Waals surface area contributed by atoms with E-state index in [0.717, 1.165) is 13.0 Å². The van der Waals surface area contributed by atoms with E-state index in [-0.39, 0.29) is 18.3 Å². The predicted octanol–water partition coefficient (Wildman–Crippen LogP) is 2.26. The lowest BCUT2D eigenvalue weighted by molar-refractivity contribution is 0.00578. The summed E-state index contributed by atoms with van der Waals surface area (Å²) in [5.41, 5.74) is -0.423. The van der Waals surface area contributed by atoms with Gasteiger partial charge in [-0.3, -0.25) is 0 Å². The van der Waals surface area contributed by atoms with Crippen molar-refractivity contribution in [1.82, 2.24) is 0 Å². The normalized spacial score (nSPS) is 37.0. The van der Waals surface area contributed by atoms with Crippen molar-refractivity contribution in [1.29, 1.82) is 0 Å². The summed E-state index contributed by atoms with van der Waals surface area (Å²) in [5.74, 6) is 0.436. The number of ether oxygens (including phenoxy) is 1. The molecule has 0 amide bonds. The van der Waals surface area contributed by atoms with E-state index in [4.69, 9.17) is 14.0 Å². The third kappa shape index (κ3) is 1.95. The Morgan fingerprint density at radius 1 is 1.20 bits per heavy atom. The highest BCUT2D eigenvalue weighted by Gasteiger charge is 2.60. The van der Waals surface area contributed by atoms with Gasteiger partial charge in [-0.1, -0.05) is 0 Å². The molecule has 2 rings (SSSR count). The zero-order chi connectivity index (χ0) is 11.3.